The zero-order chi connectivity index (χ0) is 21.6. The van der Waals surface area contributed by atoms with E-state index in [9.17, 15) is 9.59 Å². The highest BCUT2D eigenvalue weighted by molar-refractivity contribution is 8.00. The van der Waals surface area contributed by atoms with E-state index in [2.05, 4.69) is 33.3 Å². The van der Waals surface area contributed by atoms with Crippen molar-refractivity contribution in [3.05, 3.63) is 53.6 Å². The number of carbonyl (C=O) groups is 2. The second kappa shape index (κ2) is 10.2. The van der Waals surface area contributed by atoms with Crippen molar-refractivity contribution in [2.24, 2.45) is 5.73 Å². The molecule has 4 rings (SSSR count). The van der Waals surface area contributed by atoms with E-state index in [1.807, 2.05) is 24.3 Å². The summed E-state index contributed by atoms with van der Waals surface area (Å²) in [5, 5.41) is 2.98. The van der Waals surface area contributed by atoms with E-state index in [-0.39, 0.29) is 17.6 Å². The number of nitrogens with two attached hydrogens (primary N) is 1. The summed E-state index contributed by atoms with van der Waals surface area (Å²) in [4.78, 5) is 29.1. The first kappa shape index (κ1) is 21.7. The Labute approximate surface area is 186 Å². The summed E-state index contributed by atoms with van der Waals surface area (Å²) in [5.41, 5.74) is 8.58. The van der Waals surface area contributed by atoms with Crippen molar-refractivity contribution in [2.45, 2.75) is 17.9 Å². The molecular formula is C23H28N4O3S. The molecule has 2 heterocycles. The maximum Gasteiger partial charge on any atom is 0.238 e. The minimum absolute atomic E-state index is 0.0424. The molecule has 31 heavy (non-hydrogen) atoms. The van der Waals surface area contributed by atoms with Crippen LogP contribution in [-0.4, -0.2) is 66.7 Å². The van der Waals surface area contributed by atoms with E-state index in [0.29, 0.717) is 6.54 Å². The van der Waals surface area contributed by atoms with Gasteiger partial charge in [-0.3, -0.25) is 19.4 Å². The smallest absolute Gasteiger partial charge is 0.238 e. The van der Waals surface area contributed by atoms with Crippen LogP contribution in [0.3, 0.4) is 0 Å². The molecule has 8 heteroatoms. The van der Waals surface area contributed by atoms with Gasteiger partial charge in [-0.2, -0.15) is 0 Å². The van der Waals surface area contributed by atoms with Crippen LogP contribution in [0.1, 0.15) is 11.1 Å². The molecule has 0 spiro atoms. The van der Waals surface area contributed by atoms with Crippen LogP contribution in [0.4, 0.5) is 5.69 Å². The average molecular weight is 441 g/mol. The Bertz CT molecular complexity index is 944. The fraction of sp³-hybridized carbons (Fsp3) is 0.391. The third-order valence-corrected chi connectivity index (χ3v) is 6.62. The molecule has 3 N–H and O–H groups in total. The molecule has 0 aromatic heterocycles. The van der Waals surface area contributed by atoms with Crippen molar-refractivity contribution in [3.63, 3.8) is 0 Å². The van der Waals surface area contributed by atoms with E-state index in [0.717, 1.165) is 62.1 Å². The van der Waals surface area contributed by atoms with Crippen molar-refractivity contribution in [2.75, 3.05) is 50.4 Å². The molecule has 164 valence electrons. The summed E-state index contributed by atoms with van der Waals surface area (Å²) in [6.45, 7) is 5.67. The predicted octanol–water partition coefficient (Wildman–Crippen LogP) is 1.96. The highest BCUT2D eigenvalue weighted by atomic mass is 32.2. The number of carbonyl (C=O) groups excluding carboxylic acids is 2. The van der Waals surface area contributed by atoms with Crippen LogP contribution in [0.15, 0.2) is 47.4 Å². The van der Waals surface area contributed by atoms with Gasteiger partial charge in [0.1, 0.15) is 5.75 Å². The van der Waals surface area contributed by atoms with Crippen LogP contribution in [-0.2, 0) is 22.6 Å². The topological polar surface area (TPSA) is 87.9 Å². The van der Waals surface area contributed by atoms with Crippen LogP contribution in [0.2, 0.25) is 0 Å². The van der Waals surface area contributed by atoms with Gasteiger partial charge in [0.15, 0.2) is 0 Å². The molecule has 2 aliphatic rings. The summed E-state index contributed by atoms with van der Waals surface area (Å²) in [5.74, 6) is 0.789. The first-order valence-electron chi connectivity index (χ1n) is 10.6. The number of para-hydroxylation sites is 1. The Morgan fingerprint density at radius 3 is 2.65 bits per heavy atom. The number of hydrogen-bond donors (Lipinski definition) is 2. The Balaban J connectivity index is 1.24. The van der Waals surface area contributed by atoms with Gasteiger partial charge in [-0.1, -0.05) is 24.3 Å². The van der Waals surface area contributed by atoms with E-state index >= 15 is 0 Å². The zero-order valence-electron chi connectivity index (χ0n) is 17.5. The van der Waals surface area contributed by atoms with Crippen molar-refractivity contribution in [1.29, 1.82) is 0 Å². The number of anilines is 1. The maximum absolute atomic E-state index is 12.6. The first-order valence-corrected chi connectivity index (χ1v) is 11.5. The summed E-state index contributed by atoms with van der Waals surface area (Å²) in [7, 11) is 0. The number of ether oxygens (including phenoxy) is 1. The molecule has 2 aromatic rings. The van der Waals surface area contributed by atoms with Crippen LogP contribution in [0, 0.1) is 0 Å². The maximum atomic E-state index is 12.6. The highest BCUT2D eigenvalue weighted by Gasteiger charge is 2.20. The standard InChI is InChI=1S/C23H28N4O3S/c24-22(28)16-31-21-4-2-1-3-19(21)25-23(29)15-27-10-8-26(9-11-27)14-17-5-6-20-18(13-17)7-12-30-20/h1-6,13H,7-12,14-16H2,(H2,24,28)(H,25,29). The molecule has 0 bridgehead atoms. The summed E-state index contributed by atoms with van der Waals surface area (Å²) in [6, 6.07) is 14.0. The van der Waals surface area contributed by atoms with Crippen LogP contribution in [0.5, 0.6) is 5.75 Å². The number of benzene rings is 2. The van der Waals surface area contributed by atoms with Gasteiger partial charge in [0.25, 0.3) is 0 Å². The third-order valence-electron chi connectivity index (χ3n) is 5.52. The average Bonchev–Trinajstić information content (AvgIpc) is 3.22. The lowest BCUT2D eigenvalue weighted by Crippen LogP contribution is -2.48. The normalized spacial score (nSPS) is 16.5. The SMILES string of the molecule is NC(=O)CSc1ccccc1NC(=O)CN1CCN(Cc2ccc3c(c2)CCO3)CC1. The van der Waals surface area contributed by atoms with Gasteiger partial charge in [-0.15, -0.1) is 11.8 Å². The number of piperazine rings is 1. The van der Waals surface area contributed by atoms with E-state index in [1.165, 1.54) is 22.9 Å². The number of thioether (sulfide) groups is 1. The molecular weight excluding hydrogens is 412 g/mol. The molecule has 0 atom stereocenters. The number of fused-ring (bicyclic) bond motifs is 1. The second-order valence-electron chi connectivity index (χ2n) is 7.89. The molecule has 2 amide bonds. The van der Waals surface area contributed by atoms with E-state index in [1.54, 1.807) is 0 Å². The van der Waals surface area contributed by atoms with Gasteiger partial charge >= 0.3 is 0 Å². The van der Waals surface area contributed by atoms with Gasteiger partial charge in [-0.25, -0.2) is 0 Å². The molecule has 0 aliphatic carbocycles. The molecule has 1 saturated heterocycles. The molecule has 1 fully saturated rings. The number of rotatable bonds is 8. The van der Waals surface area contributed by atoms with Gasteiger partial charge < -0.3 is 15.8 Å². The van der Waals surface area contributed by atoms with Crippen molar-refractivity contribution >= 4 is 29.3 Å². The lowest BCUT2D eigenvalue weighted by Gasteiger charge is -2.34. The summed E-state index contributed by atoms with van der Waals surface area (Å²) in [6.07, 6.45) is 0.996. The number of nitrogens with one attached hydrogen (secondary N) is 1. The fourth-order valence-corrected chi connectivity index (χ4v) is 4.69. The number of primary amides is 1. The van der Waals surface area contributed by atoms with Gasteiger partial charge in [0.05, 0.1) is 24.6 Å². The Morgan fingerprint density at radius 1 is 1.06 bits per heavy atom. The van der Waals surface area contributed by atoms with Gasteiger partial charge in [-0.05, 0) is 29.3 Å². The Morgan fingerprint density at radius 2 is 1.84 bits per heavy atom. The van der Waals surface area contributed by atoms with Crippen molar-refractivity contribution in [1.82, 2.24) is 9.80 Å². The minimum Gasteiger partial charge on any atom is -0.493 e. The number of nitrogens with zero attached hydrogens (tertiary/aromatic N) is 2. The summed E-state index contributed by atoms with van der Waals surface area (Å²) < 4.78 is 5.59. The van der Waals surface area contributed by atoms with E-state index in [4.69, 9.17) is 10.5 Å². The molecule has 7 nitrogen and oxygen atoms in total. The third kappa shape index (κ3) is 6.00. The minimum atomic E-state index is -0.378. The molecule has 0 radical (unpaired) electrons. The Hall–Kier alpha value is -2.55. The monoisotopic (exact) mass is 440 g/mol. The Kier molecular flexibility index (Phi) is 7.11. The second-order valence-corrected chi connectivity index (χ2v) is 8.91. The lowest BCUT2D eigenvalue weighted by atomic mass is 10.1. The molecule has 2 aromatic carbocycles. The molecule has 2 aliphatic heterocycles. The van der Waals surface area contributed by atoms with Gasteiger partial charge in [0.2, 0.25) is 11.8 Å². The summed E-state index contributed by atoms with van der Waals surface area (Å²) >= 11 is 1.33. The van der Waals surface area contributed by atoms with Crippen molar-refractivity contribution < 1.29 is 14.3 Å². The van der Waals surface area contributed by atoms with Crippen molar-refractivity contribution in [3.8, 4) is 5.75 Å². The predicted molar refractivity (Wildman–Crippen MR) is 122 cm³/mol. The quantitative estimate of drug-likeness (QED) is 0.610. The number of amides is 2. The number of hydrogen-bond acceptors (Lipinski definition) is 6. The molecule has 0 saturated carbocycles. The zero-order valence-corrected chi connectivity index (χ0v) is 18.3. The van der Waals surface area contributed by atoms with E-state index < -0.39 is 0 Å². The lowest BCUT2D eigenvalue weighted by molar-refractivity contribution is -0.118. The van der Waals surface area contributed by atoms with Crippen LogP contribution < -0.4 is 15.8 Å². The first-order chi connectivity index (χ1) is 15.1. The molecule has 0 unspecified atom stereocenters. The highest BCUT2D eigenvalue weighted by Crippen LogP contribution is 2.27. The largest absolute Gasteiger partial charge is 0.493 e. The van der Waals surface area contributed by atoms with Crippen LogP contribution in [0.25, 0.3) is 0 Å². The van der Waals surface area contributed by atoms with Gasteiger partial charge in [0, 0.05) is 44.0 Å². The van der Waals surface area contributed by atoms with Crippen LogP contribution >= 0.6 is 11.8 Å². The fourth-order valence-electron chi connectivity index (χ4n) is 3.94.